The molecule has 1 atom stereocenters. The van der Waals surface area contributed by atoms with E-state index in [0.717, 1.165) is 167 Å². The van der Waals surface area contributed by atoms with E-state index in [4.69, 9.17) is 14.2 Å². The highest BCUT2D eigenvalue weighted by Crippen LogP contribution is 2.13. The number of rotatable bonds is 58. The van der Waals surface area contributed by atoms with Gasteiger partial charge in [0.25, 0.3) is 0 Å². The fourth-order valence-corrected chi connectivity index (χ4v) is 8.46. The molecule has 6 heteroatoms. The van der Waals surface area contributed by atoms with Crippen LogP contribution in [-0.2, 0) is 28.6 Å². The molecule has 0 bridgehead atoms. The molecule has 83 heavy (non-hydrogen) atoms. The van der Waals surface area contributed by atoms with E-state index in [1.807, 2.05) is 0 Å². The van der Waals surface area contributed by atoms with Crippen molar-refractivity contribution in [1.82, 2.24) is 0 Å². The van der Waals surface area contributed by atoms with Crippen LogP contribution in [-0.4, -0.2) is 37.2 Å². The number of carbonyl (C=O) groups is 3. The van der Waals surface area contributed by atoms with E-state index < -0.39 is 6.10 Å². The van der Waals surface area contributed by atoms with Gasteiger partial charge in [-0.05, 0) is 161 Å². The van der Waals surface area contributed by atoms with Crippen LogP contribution in [0.5, 0.6) is 0 Å². The van der Waals surface area contributed by atoms with Gasteiger partial charge in [-0.1, -0.05) is 267 Å². The number of unbranched alkanes of at least 4 members (excludes halogenated alkanes) is 17. The van der Waals surface area contributed by atoms with Gasteiger partial charge < -0.3 is 14.2 Å². The summed E-state index contributed by atoms with van der Waals surface area (Å²) in [5.74, 6) is -0.991. The third-order valence-corrected chi connectivity index (χ3v) is 13.4. The molecule has 1 unspecified atom stereocenters. The van der Waals surface area contributed by atoms with E-state index in [1.54, 1.807) is 0 Å². The number of hydrogen-bond acceptors (Lipinski definition) is 6. The van der Waals surface area contributed by atoms with Crippen LogP contribution in [0.3, 0.4) is 0 Å². The lowest BCUT2D eigenvalue weighted by Crippen LogP contribution is -2.30. The van der Waals surface area contributed by atoms with Crippen LogP contribution in [0.15, 0.2) is 182 Å². The summed E-state index contributed by atoms with van der Waals surface area (Å²) in [4.78, 5) is 38.4. The van der Waals surface area contributed by atoms with Gasteiger partial charge in [0.2, 0.25) is 0 Å². The number of ether oxygens (including phenoxy) is 3. The van der Waals surface area contributed by atoms with Crippen LogP contribution in [0, 0.1) is 0 Å². The van der Waals surface area contributed by atoms with Crippen molar-refractivity contribution >= 4 is 17.9 Å². The second-order valence-electron chi connectivity index (χ2n) is 21.3. The molecule has 0 aliphatic rings. The first-order chi connectivity index (χ1) is 41.0. The first-order valence-electron chi connectivity index (χ1n) is 33.3. The number of hydrogen-bond donors (Lipinski definition) is 0. The van der Waals surface area contributed by atoms with Crippen LogP contribution in [0.1, 0.15) is 265 Å². The van der Waals surface area contributed by atoms with Crippen molar-refractivity contribution in [1.29, 1.82) is 0 Å². The Bertz CT molecular complexity index is 1940. The minimum Gasteiger partial charge on any atom is -0.462 e. The van der Waals surface area contributed by atoms with Crippen molar-refractivity contribution in [2.45, 2.75) is 271 Å². The second kappa shape index (κ2) is 69.0. The van der Waals surface area contributed by atoms with Gasteiger partial charge in [-0.2, -0.15) is 0 Å². The van der Waals surface area contributed by atoms with Crippen LogP contribution in [0.2, 0.25) is 0 Å². The van der Waals surface area contributed by atoms with Gasteiger partial charge in [0.05, 0.1) is 0 Å². The molecule has 0 aliphatic heterocycles. The van der Waals surface area contributed by atoms with E-state index >= 15 is 0 Å². The molecule has 0 aromatic carbocycles. The number of esters is 3. The normalized spacial score (nSPS) is 13.3. The molecule has 0 rings (SSSR count). The van der Waals surface area contributed by atoms with Crippen LogP contribution in [0.25, 0.3) is 0 Å². The average Bonchev–Trinajstić information content (AvgIpc) is 3.50. The second-order valence-corrected chi connectivity index (χ2v) is 21.3. The van der Waals surface area contributed by atoms with Gasteiger partial charge in [-0.3, -0.25) is 14.4 Å². The zero-order valence-corrected chi connectivity index (χ0v) is 53.1. The molecule has 0 saturated heterocycles. The Kier molecular flexibility index (Phi) is 64.4. The predicted octanol–water partition coefficient (Wildman–Crippen LogP) is 23.2. The van der Waals surface area contributed by atoms with Crippen molar-refractivity contribution in [2.24, 2.45) is 0 Å². The molecule has 0 aliphatic carbocycles. The molecule has 464 valence electrons. The largest absolute Gasteiger partial charge is 0.462 e. The summed E-state index contributed by atoms with van der Waals surface area (Å²) < 4.78 is 16.9. The molecule has 0 heterocycles. The minimum absolute atomic E-state index is 0.117. The quantitative estimate of drug-likeness (QED) is 0.0261. The number of carbonyl (C=O) groups excluding carboxylic acids is 3. The molecule has 0 radical (unpaired) electrons. The molecule has 0 amide bonds. The summed E-state index contributed by atoms with van der Waals surface area (Å²) in [5.41, 5.74) is 0. The van der Waals surface area contributed by atoms with Gasteiger partial charge >= 0.3 is 17.9 Å². The summed E-state index contributed by atoms with van der Waals surface area (Å²) in [5, 5.41) is 0. The summed E-state index contributed by atoms with van der Waals surface area (Å²) in [6, 6.07) is 0. The number of allylic oxidation sites excluding steroid dienone is 30. The maximum Gasteiger partial charge on any atom is 0.306 e. The first-order valence-corrected chi connectivity index (χ1v) is 33.3. The van der Waals surface area contributed by atoms with E-state index in [0.29, 0.717) is 19.3 Å². The van der Waals surface area contributed by atoms with Crippen molar-refractivity contribution in [2.75, 3.05) is 13.2 Å². The Morgan fingerprint density at radius 2 is 0.470 bits per heavy atom. The molecule has 0 aromatic heterocycles. The lowest BCUT2D eigenvalue weighted by molar-refractivity contribution is -0.167. The zero-order valence-electron chi connectivity index (χ0n) is 53.1. The summed E-state index contributed by atoms with van der Waals surface area (Å²) in [6.07, 6.45) is 103. The van der Waals surface area contributed by atoms with Gasteiger partial charge in [0.15, 0.2) is 6.10 Å². The third kappa shape index (κ3) is 67.2. The van der Waals surface area contributed by atoms with E-state index in [9.17, 15) is 14.4 Å². The average molecular weight is 1140 g/mol. The lowest BCUT2D eigenvalue weighted by atomic mass is 10.1. The highest BCUT2D eigenvalue weighted by molar-refractivity contribution is 5.71. The van der Waals surface area contributed by atoms with Crippen LogP contribution in [0.4, 0.5) is 0 Å². The molecule has 0 spiro atoms. The van der Waals surface area contributed by atoms with Crippen LogP contribution < -0.4 is 0 Å². The van der Waals surface area contributed by atoms with Crippen molar-refractivity contribution in [3.63, 3.8) is 0 Å². The van der Waals surface area contributed by atoms with Crippen molar-refractivity contribution in [3.8, 4) is 0 Å². The highest BCUT2D eigenvalue weighted by atomic mass is 16.6. The monoisotopic (exact) mass is 1140 g/mol. The van der Waals surface area contributed by atoms with Crippen LogP contribution >= 0.6 is 0 Å². The minimum atomic E-state index is -0.827. The molecule has 0 N–H and O–H groups in total. The molecular formula is C77H120O6. The summed E-state index contributed by atoms with van der Waals surface area (Å²) >= 11 is 0. The summed E-state index contributed by atoms with van der Waals surface area (Å²) in [7, 11) is 0. The van der Waals surface area contributed by atoms with Gasteiger partial charge in [-0.25, -0.2) is 0 Å². The Hall–Kier alpha value is -5.49. The van der Waals surface area contributed by atoms with E-state index in [-0.39, 0.29) is 37.5 Å². The predicted molar refractivity (Wildman–Crippen MR) is 361 cm³/mol. The Morgan fingerprint density at radius 3 is 0.759 bits per heavy atom. The Labute approximate surface area is 510 Å². The maximum absolute atomic E-state index is 12.9. The first kappa shape index (κ1) is 77.5. The summed E-state index contributed by atoms with van der Waals surface area (Å²) in [6.45, 7) is 6.32. The fraction of sp³-hybridized carbons (Fsp3) is 0.571. The molecular weight excluding hydrogens is 1020 g/mol. The molecule has 0 saturated carbocycles. The van der Waals surface area contributed by atoms with Gasteiger partial charge in [-0.15, -0.1) is 0 Å². The standard InChI is InChI=1S/C77H120O6/c1-4-7-10-13-16-19-22-25-28-31-34-36-37-38-39-41-43-46-49-52-55-58-61-64-67-70-76(79)82-73-74(72-81-75(78)69-66-63-60-57-54-51-48-45-42-33-30-27-24-21-18-15-12-9-6-3)83-77(80)71-68-65-62-59-56-53-50-47-44-40-35-32-29-26-23-20-17-14-11-8-5-2/h7-8,10-11,16-21,25-30,34-36,38-40,42-43,45-47,50,56,59,74H,4-6,9,12-15,22-24,31-33,37,41,44,48-49,51-55,57-58,60-73H2,1-3H3/b10-7-,11-8-,19-16-,20-17-,21-18-,28-25-,29-26-,30-27-,36-34-,39-38-,40-35-,45-42-,46-43-,50-47-,59-56-. The molecule has 0 fully saturated rings. The third-order valence-electron chi connectivity index (χ3n) is 13.4. The van der Waals surface area contributed by atoms with Crippen molar-refractivity contribution in [3.05, 3.63) is 182 Å². The molecule has 0 aromatic rings. The lowest BCUT2D eigenvalue weighted by Gasteiger charge is -2.18. The SMILES string of the molecule is CC/C=C\C/C=C\C/C=C\C/C=C\C/C=C\C/C=C\CCCCCCCCC(=O)OCC(COC(=O)CCCCCCCC/C=C\C/C=C\C/C=C\CCCCC)OC(=O)CCCC/C=C\C/C=C\C/C=C\C/C=C\C/C=C\C/C=C\CC. The van der Waals surface area contributed by atoms with Crippen molar-refractivity contribution < 1.29 is 28.6 Å². The Morgan fingerprint density at radius 1 is 0.253 bits per heavy atom. The highest BCUT2D eigenvalue weighted by Gasteiger charge is 2.19. The zero-order chi connectivity index (χ0) is 59.9. The smallest absolute Gasteiger partial charge is 0.306 e. The van der Waals surface area contributed by atoms with Gasteiger partial charge in [0, 0.05) is 19.3 Å². The molecule has 6 nitrogen and oxygen atoms in total. The Balaban J connectivity index is 4.56. The van der Waals surface area contributed by atoms with Gasteiger partial charge in [0.1, 0.15) is 13.2 Å². The topological polar surface area (TPSA) is 78.9 Å². The fourth-order valence-electron chi connectivity index (χ4n) is 8.46. The van der Waals surface area contributed by atoms with E-state index in [2.05, 4.69) is 203 Å². The van der Waals surface area contributed by atoms with E-state index in [1.165, 1.54) is 51.4 Å². The maximum atomic E-state index is 12.9.